The van der Waals surface area contributed by atoms with Crippen LogP contribution in [0, 0.1) is 11.8 Å². The molecular formula is C63H108O4. The molecule has 2 aliphatic heterocycles. The van der Waals surface area contributed by atoms with Gasteiger partial charge in [0.2, 0.25) is 0 Å². The lowest BCUT2D eigenvalue weighted by molar-refractivity contribution is 0.253. The number of hydrogen-bond acceptors (Lipinski definition) is 4. The molecule has 4 heteroatoms. The van der Waals surface area contributed by atoms with Crippen LogP contribution in [-0.2, 0) is 36.5 Å². The highest BCUT2D eigenvalue weighted by molar-refractivity contribution is 5.58. The molecule has 0 aromatic heterocycles. The highest BCUT2D eigenvalue weighted by Crippen LogP contribution is 2.51. The molecule has 0 radical (unpaired) electrons. The van der Waals surface area contributed by atoms with E-state index in [2.05, 4.69) is 135 Å². The normalized spacial score (nSPS) is 17.7. The van der Waals surface area contributed by atoms with E-state index in [1.165, 1.54) is 148 Å². The van der Waals surface area contributed by atoms with Crippen molar-refractivity contribution in [3.8, 4) is 11.5 Å². The Kier molecular flexibility index (Phi) is 22.7. The quantitative estimate of drug-likeness (QED) is 0.0504. The molecule has 0 N–H and O–H groups in total. The molecule has 2 fully saturated rings. The van der Waals surface area contributed by atoms with Crippen molar-refractivity contribution < 1.29 is 18.9 Å². The third-order valence-corrected chi connectivity index (χ3v) is 16.9. The second kappa shape index (κ2) is 26.4. The number of rotatable bonds is 36. The van der Waals surface area contributed by atoms with Crippen LogP contribution in [0.5, 0.6) is 11.5 Å². The average molecular weight is 930 g/mol. The SMILES string of the molecule is CCCCCC(C)(C)c1cc(C(C)(C)c2cc(C(C)(C)CCCCC)c(OCCCC(CC)C3CO3)c(C(C)(C)CCCCC)c2)cc(C(C)(C)CCCCC)c1OCCCC(CC)C1CO1. The van der Waals surface area contributed by atoms with E-state index < -0.39 is 0 Å². The van der Waals surface area contributed by atoms with Crippen molar-refractivity contribution in [2.75, 3.05) is 26.4 Å². The summed E-state index contributed by atoms with van der Waals surface area (Å²) in [6, 6.07) is 10.5. The van der Waals surface area contributed by atoms with Gasteiger partial charge in [0.1, 0.15) is 11.5 Å². The first kappa shape index (κ1) is 57.5. The summed E-state index contributed by atoms with van der Waals surface area (Å²) in [5.41, 5.74) is 8.02. The number of ether oxygens (including phenoxy) is 4. The summed E-state index contributed by atoms with van der Waals surface area (Å²) in [5.74, 6) is 3.63. The Hall–Kier alpha value is -2.04. The van der Waals surface area contributed by atoms with Gasteiger partial charge in [-0.25, -0.2) is 0 Å². The van der Waals surface area contributed by atoms with Crippen LogP contribution < -0.4 is 9.47 Å². The van der Waals surface area contributed by atoms with E-state index in [1.807, 2.05) is 0 Å². The zero-order valence-electron chi connectivity index (χ0n) is 47.1. The van der Waals surface area contributed by atoms with Gasteiger partial charge in [0.25, 0.3) is 0 Å². The van der Waals surface area contributed by atoms with Crippen molar-refractivity contribution >= 4 is 0 Å². The maximum absolute atomic E-state index is 7.28. The number of benzene rings is 2. The zero-order chi connectivity index (χ0) is 49.5. The van der Waals surface area contributed by atoms with Gasteiger partial charge >= 0.3 is 0 Å². The average Bonchev–Trinajstić information content (AvgIpc) is 4.22. The van der Waals surface area contributed by atoms with Crippen molar-refractivity contribution in [2.24, 2.45) is 11.8 Å². The van der Waals surface area contributed by atoms with Crippen LogP contribution in [0.25, 0.3) is 0 Å². The van der Waals surface area contributed by atoms with Crippen molar-refractivity contribution in [3.05, 3.63) is 57.6 Å². The molecule has 0 amide bonds. The highest BCUT2D eigenvalue weighted by Gasteiger charge is 2.39. The smallest absolute Gasteiger partial charge is 0.126 e. The second-order valence-electron chi connectivity index (χ2n) is 24.9. The van der Waals surface area contributed by atoms with Gasteiger partial charge in [-0.15, -0.1) is 0 Å². The first-order valence-electron chi connectivity index (χ1n) is 28.6. The molecule has 4 unspecified atom stereocenters. The van der Waals surface area contributed by atoms with E-state index in [-0.39, 0.29) is 27.1 Å². The molecule has 2 aromatic carbocycles. The predicted octanol–water partition coefficient (Wildman–Crippen LogP) is 18.6. The minimum Gasteiger partial charge on any atom is -0.493 e. The topological polar surface area (TPSA) is 43.5 Å². The molecule has 2 heterocycles. The highest BCUT2D eigenvalue weighted by atomic mass is 16.6. The monoisotopic (exact) mass is 929 g/mol. The van der Waals surface area contributed by atoms with Gasteiger partial charge in [-0.05, 0) is 96.0 Å². The molecule has 0 spiro atoms. The lowest BCUT2D eigenvalue weighted by atomic mass is 9.67. The Labute approximate surface area is 416 Å². The van der Waals surface area contributed by atoms with Crippen LogP contribution in [0.3, 0.4) is 0 Å². The Morgan fingerprint density at radius 3 is 0.925 bits per heavy atom. The Morgan fingerprint density at radius 2 is 0.701 bits per heavy atom. The fourth-order valence-electron chi connectivity index (χ4n) is 11.3. The molecule has 2 saturated heterocycles. The molecule has 67 heavy (non-hydrogen) atoms. The van der Waals surface area contributed by atoms with E-state index in [9.17, 15) is 0 Å². The fraction of sp³-hybridized carbons (Fsp3) is 0.810. The van der Waals surface area contributed by atoms with E-state index in [0.29, 0.717) is 24.0 Å². The summed E-state index contributed by atoms with van der Waals surface area (Å²) in [4.78, 5) is 0. The van der Waals surface area contributed by atoms with Crippen LogP contribution in [0.15, 0.2) is 24.3 Å². The van der Waals surface area contributed by atoms with Gasteiger partial charge in [0, 0.05) is 27.7 Å². The third kappa shape index (κ3) is 16.5. The van der Waals surface area contributed by atoms with Crippen molar-refractivity contribution in [1.29, 1.82) is 0 Å². The summed E-state index contributed by atoms with van der Waals surface area (Å²) in [6.45, 7) is 42.5. The zero-order valence-corrected chi connectivity index (χ0v) is 47.1. The third-order valence-electron chi connectivity index (χ3n) is 16.9. The minimum atomic E-state index is -0.278. The Balaban J connectivity index is 1.97. The van der Waals surface area contributed by atoms with Crippen LogP contribution in [0.2, 0.25) is 0 Å². The van der Waals surface area contributed by atoms with Crippen molar-refractivity contribution in [2.45, 2.75) is 291 Å². The number of epoxide rings is 2. The molecule has 2 aromatic rings. The van der Waals surface area contributed by atoms with Crippen LogP contribution in [0.1, 0.15) is 285 Å². The summed E-state index contributed by atoms with van der Waals surface area (Å²) in [5, 5.41) is 0. The molecule has 2 aliphatic rings. The molecule has 0 bridgehead atoms. The van der Waals surface area contributed by atoms with Crippen molar-refractivity contribution in [1.82, 2.24) is 0 Å². The Morgan fingerprint density at radius 1 is 0.433 bits per heavy atom. The summed E-state index contributed by atoms with van der Waals surface area (Å²) >= 11 is 0. The summed E-state index contributed by atoms with van der Waals surface area (Å²) < 4.78 is 26.1. The van der Waals surface area contributed by atoms with Gasteiger partial charge in [-0.2, -0.15) is 0 Å². The van der Waals surface area contributed by atoms with E-state index in [4.69, 9.17) is 18.9 Å². The van der Waals surface area contributed by atoms with Gasteiger partial charge in [-0.3, -0.25) is 0 Å². The first-order valence-corrected chi connectivity index (χ1v) is 28.6. The maximum Gasteiger partial charge on any atom is 0.126 e. The van der Waals surface area contributed by atoms with Crippen molar-refractivity contribution in [3.63, 3.8) is 0 Å². The van der Waals surface area contributed by atoms with Gasteiger partial charge < -0.3 is 18.9 Å². The van der Waals surface area contributed by atoms with Gasteiger partial charge in [0.05, 0.1) is 38.6 Å². The van der Waals surface area contributed by atoms with E-state index in [0.717, 1.165) is 65.0 Å². The van der Waals surface area contributed by atoms with E-state index in [1.54, 1.807) is 0 Å². The van der Waals surface area contributed by atoms with Crippen LogP contribution in [0.4, 0.5) is 0 Å². The summed E-state index contributed by atoms with van der Waals surface area (Å²) in [7, 11) is 0. The lowest BCUT2D eigenvalue weighted by Gasteiger charge is -2.39. The maximum atomic E-state index is 7.28. The van der Waals surface area contributed by atoms with E-state index >= 15 is 0 Å². The minimum absolute atomic E-state index is 0.0440. The standard InChI is InChI=1S/C63H108O4/c1-17-23-27-35-59(7,8)51-41-49(42-52(60(9,10)36-28-24-18-2)57(51)64-39-31-33-47(21-5)55-45-66-55)63(15,16)50-43-53(61(11,12)37-29-25-19-3)58(54(44-50)62(13,14)38-30-26-20-4)65-40-32-34-48(22-6)56-46-67-56/h41-44,47-48,55-56H,17-40,45-46H2,1-16H3. The molecule has 4 atom stereocenters. The number of unbranched alkanes of at least 4 members (excludes halogenated alkanes) is 8. The molecule has 384 valence electrons. The molecular weight excluding hydrogens is 821 g/mol. The largest absolute Gasteiger partial charge is 0.493 e. The molecule has 4 nitrogen and oxygen atoms in total. The van der Waals surface area contributed by atoms with Gasteiger partial charge in [0.15, 0.2) is 0 Å². The lowest BCUT2D eigenvalue weighted by Crippen LogP contribution is -2.29. The fourth-order valence-corrected chi connectivity index (χ4v) is 11.3. The molecule has 0 aliphatic carbocycles. The second-order valence-corrected chi connectivity index (χ2v) is 24.9. The predicted molar refractivity (Wildman–Crippen MR) is 290 cm³/mol. The number of hydrogen-bond donors (Lipinski definition) is 0. The molecule has 0 saturated carbocycles. The van der Waals surface area contributed by atoms with Gasteiger partial charge in [-0.1, -0.05) is 225 Å². The van der Waals surface area contributed by atoms with Crippen LogP contribution in [-0.4, -0.2) is 38.6 Å². The van der Waals surface area contributed by atoms with Crippen LogP contribution >= 0.6 is 0 Å². The first-order chi connectivity index (χ1) is 31.7. The molecule has 4 rings (SSSR count). The Bertz CT molecular complexity index is 1530. The summed E-state index contributed by atoms with van der Waals surface area (Å²) in [6.07, 6.45) is 27.2.